The van der Waals surface area contributed by atoms with E-state index in [4.69, 9.17) is 11.6 Å². The van der Waals surface area contributed by atoms with Gasteiger partial charge in [-0.15, -0.1) is 0 Å². The van der Waals surface area contributed by atoms with Gasteiger partial charge in [0.25, 0.3) is 5.91 Å². The van der Waals surface area contributed by atoms with E-state index in [-0.39, 0.29) is 11.3 Å². The Kier molecular flexibility index (Phi) is 5.83. The highest BCUT2D eigenvalue weighted by Crippen LogP contribution is 2.22. The van der Waals surface area contributed by atoms with E-state index >= 15 is 0 Å². The molecule has 5 heteroatoms. The maximum absolute atomic E-state index is 12.1. The average Bonchev–Trinajstić information content (AvgIpc) is 2.24. The summed E-state index contributed by atoms with van der Waals surface area (Å²) in [6, 6.07) is 5.16. The Morgan fingerprint density at radius 2 is 2.05 bits per heavy atom. The SMILES string of the molecule is CN(C)CC(C)(C)CNC(=O)c1ccc(Cl)cc1Br. The molecule has 0 aromatic heterocycles. The Morgan fingerprint density at radius 1 is 1.42 bits per heavy atom. The van der Waals surface area contributed by atoms with Crippen LogP contribution in [-0.2, 0) is 0 Å². The van der Waals surface area contributed by atoms with E-state index in [1.807, 2.05) is 14.1 Å². The number of benzene rings is 1. The summed E-state index contributed by atoms with van der Waals surface area (Å²) in [6.45, 7) is 5.79. The molecule has 0 atom stereocenters. The van der Waals surface area contributed by atoms with Gasteiger partial charge in [-0.1, -0.05) is 25.4 Å². The van der Waals surface area contributed by atoms with E-state index in [0.29, 0.717) is 21.6 Å². The molecule has 19 heavy (non-hydrogen) atoms. The molecule has 0 saturated carbocycles. The van der Waals surface area contributed by atoms with Crippen molar-refractivity contribution in [2.75, 3.05) is 27.2 Å². The zero-order chi connectivity index (χ0) is 14.6. The maximum atomic E-state index is 12.1. The molecule has 0 unspecified atom stereocenters. The first-order valence-electron chi connectivity index (χ1n) is 6.09. The van der Waals surface area contributed by atoms with Crippen LogP contribution in [0, 0.1) is 5.41 Å². The monoisotopic (exact) mass is 346 g/mol. The molecule has 0 spiro atoms. The van der Waals surface area contributed by atoms with Crippen LogP contribution >= 0.6 is 27.5 Å². The summed E-state index contributed by atoms with van der Waals surface area (Å²) in [5.41, 5.74) is 0.628. The minimum Gasteiger partial charge on any atom is -0.351 e. The summed E-state index contributed by atoms with van der Waals surface area (Å²) in [5.74, 6) is -0.0876. The van der Waals surface area contributed by atoms with Gasteiger partial charge in [-0.25, -0.2) is 0 Å². The van der Waals surface area contributed by atoms with Gasteiger partial charge >= 0.3 is 0 Å². The highest BCUT2D eigenvalue weighted by atomic mass is 79.9. The second kappa shape index (κ2) is 6.73. The smallest absolute Gasteiger partial charge is 0.252 e. The van der Waals surface area contributed by atoms with Gasteiger partial charge in [0.05, 0.1) is 5.56 Å². The topological polar surface area (TPSA) is 32.3 Å². The zero-order valence-electron chi connectivity index (χ0n) is 11.8. The van der Waals surface area contributed by atoms with Crippen molar-refractivity contribution < 1.29 is 4.79 Å². The van der Waals surface area contributed by atoms with E-state index in [1.165, 1.54) is 0 Å². The first kappa shape index (κ1) is 16.5. The first-order valence-corrected chi connectivity index (χ1v) is 7.26. The van der Waals surface area contributed by atoms with Gasteiger partial charge in [0, 0.05) is 22.6 Å². The summed E-state index contributed by atoms with van der Waals surface area (Å²) >= 11 is 9.22. The molecular weight excluding hydrogens is 328 g/mol. The van der Waals surface area contributed by atoms with Gasteiger partial charge in [0.1, 0.15) is 0 Å². The Bertz CT molecular complexity index is 461. The van der Waals surface area contributed by atoms with Crippen LogP contribution in [0.5, 0.6) is 0 Å². The Hall–Kier alpha value is -0.580. The molecule has 0 bridgehead atoms. The lowest BCUT2D eigenvalue weighted by Crippen LogP contribution is -2.40. The van der Waals surface area contributed by atoms with Crippen LogP contribution in [0.1, 0.15) is 24.2 Å². The summed E-state index contributed by atoms with van der Waals surface area (Å²) in [5, 5.41) is 3.57. The van der Waals surface area contributed by atoms with Crippen molar-refractivity contribution in [3.05, 3.63) is 33.3 Å². The van der Waals surface area contributed by atoms with Crippen LogP contribution in [0.3, 0.4) is 0 Å². The lowest BCUT2D eigenvalue weighted by molar-refractivity contribution is 0.0928. The Morgan fingerprint density at radius 3 is 2.58 bits per heavy atom. The standard InChI is InChI=1S/C14H20BrClN2O/c1-14(2,9-18(3)4)8-17-13(19)11-6-5-10(16)7-12(11)15/h5-7H,8-9H2,1-4H3,(H,17,19). The largest absolute Gasteiger partial charge is 0.351 e. The number of hydrogen-bond acceptors (Lipinski definition) is 2. The fourth-order valence-corrected chi connectivity index (χ4v) is 2.86. The molecule has 0 saturated heterocycles. The van der Waals surface area contributed by atoms with Gasteiger partial charge in [-0.2, -0.15) is 0 Å². The number of nitrogens with zero attached hydrogens (tertiary/aromatic N) is 1. The molecule has 1 aromatic carbocycles. The molecule has 0 aliphatic carbocycles. The predicted octanol–water partition coefficient (Wildman–Crippen LogP) is 3.42. The molecule has 0 aliphatic heterocycles. The summed E-state index contributed by atoms with van der Waals surface area (Å²) < 4.78 is 0.711. The predicted molar refractivity (Wildman–Crippen MR) is 83.8 cm³/mol. The fraction of sp³-hybridized carbons (Fsp3) is 0.500. The molecule has 0 radical (unpaired) electrons. The number of halogens is 2. The van der Waals surface area contributed by atoms with E-state index < -0.39 is 0 Å². The Balaban J connectivity index is 2.65. The molecule has 1 amide bonds. The van der Waals surface area contributed by atoms with Crippen LogP contribution in [0.2, 0.25) is 5.02 Å². The van der Waals surface area contributed by atoms with Crippen LogP contribution in [0.25, 0.3) is 0 Å². The van der Waals surface area contributed by atoms with Crippen LogP contribution < -0.4 is 5.32 Å². The van der Waals surface area contributed by atoms with Gasteiger partial charge < -0.3 is 10.2 Å². The number of carbonyl (C=O) groups excluding carboxylic acids is 1. The third kappa shape index (κ3) is 5.51. The average molecular weight is 348 g/mol. The van der Waals surface area contributed by atoms with Crippen LogP contribution in [0.15, 0.2) is 22.7 Å². The van der Waals surface area contributed by atoms with Crippen molar-refractivity contribution in [3.8, 4) is 0 Å². The third-order valence-electron chi connectivity index (χ3n) is 2.65. The van der Waals surface area contributed by atoms with E-state index in [9.17, 15) is 4.79 Å². The molecule has 1 rings (SSSR count). The maximum Gasteiger partial charge on any atom is 0.252 e. The molecule has 1 N–H and O–H groups in total. The van der Waals surface area contributed by atoms with Crippen molar-refractivity contribution in [1.29, 1.82) is 0 Å². The number of hydrogen-bond donors (Lipinski definition) is 1. The van der Waals surface area contributed by atoms with Crippen LogP contribution in [0.4, 0.5) is 0 Å². The second-order valence-corrected chi connectivity index (χ2v) is 7.00. The number of amides is 1. The summed E-state index contributed by atoms with van der Waals surface area (Å²) in [6.07, 6.45) is 0. The van der Waals surface area contributed by atoms with Crippen molar-refractivity contribution in [2.24, 2.45) is 5.41 Å². The summed E-state index contributed by atoms with van der Waals surface area (Å²) in [7, 11) is 4.05. The highest BCUT2D eigenvalue weighted by Gasteiger charge is 2.20. The van der Waals surface area contributed by atoms with Gasteiger partial charge in [0.15, 0.2) is 0 Å². The number of nitrogens with one attached hydrogen (secondary N) is 1. The zero-order valence-corrected chi connectivity index (χ0v) is 14.1. The first-order chi connectivity index (χ1) is 8.71. The third-order valence-corrected chi connectivity index (χ3v) is 3.54. The van der Waals surface area contributed by atoms with E-state index in [1.54, 1.807) is 18.2 Å². The van der Waals surface area contributed by atoms with Crippen molar-refractivity contribution in [3.63, 3.8) is 0 Å². The fourth-order valence-electron chi connectivity index (χ4n) is 2.00. The molecular formula is C14H20BrClN2O. The molecule has 0 heterocycles. The van der Waals surface area contributed by atoms with Crippen molar-refractivity contribution in [2.45, 2.75) is 13.8 Å². The molecule has 3 nitrogen and oxygen atoms in total. The van der Waals surface area contributed by atoms with E-state index in [0.717, 1.165) is 6.54 Å². The number of rotatable bonds is 5. The molecule has 0 fully saturated rings. The second-order valence-electron chi connectivity index (χ2n) is 5.71. The number of carbonyl (C=O) groups is 1. The highest BCUT2D eigenvalue weighted by molar-refractivity contribution is 9.10. The summed E-state index contributed by atoms with van der Waals surface area (Å²) in [4.78, 5) is 14.2. The minimum atomic E-state index is -0.0876. The van der Waals surface area contributed by atoms with E-state index in [2.05, 4.69) is 40.0 Å². The van der Waals surface area contributed by atoms with Gasteiger partial charge in [-0.05, 0) is 53.6 Å². The van der Waals surface area contributed by atoms with Gasteiger partial charge in [-0.3, -0.25) is 4.79 Å². The van der Waals surface area contributed by atoms with Crippen molar-refractivity contribution >= 4 is 33.4 Å². The van der Waals surface area contributed by atoms with Crippen molar-refractivity contribution in [1.82, 2.24) is 10.2 Å². The van der Waals surface area contributed by atoms with Gasteiger partial charge in [0.2, 0.25) is 0 Å². The molecule has 0 aliphatic rings. The lowest BCUT2D eigenvalue weighted by Gasteiger charge is -2.28. The molecule has 1 aromatic rings. The lowest BCUT2D eigenvalue weighted by atomic mass is 9.93. The minimum absolute atomic E-state index is 0.0259. The Labute approximate surface area is 128 Å². The molecule has 106 valence electrons. The quantitative estimate of drug-likeness (QED) is 0.885. The normalized spacial score (nSPS) is 11.7. The van der Waals surface area contributed by atoms with Crippen LogP contribution in [-0.4, -0.2) is 38.0 Å².